The minimum Gasteiger partial charge on any atom is -0.314 e. The van der Waals surface area contributed by atoms with E-state index in [0.29, 0.717) is 12.0 Å². The Morgan fingerprint density at radius 1 is 1.13 bits per heavy atom. The van der Waals surface area contributed by atoms with E-state index in [4.69, 9.17) is 11.6 Å². The van der Waals surface area contributed by atoms with Crippen LogP contribution < -0.4 is 5.32 Å². The number of hydrogen-bond donors (Lipinski definition) is 1. The zero-order chi connectivity index (χ0) is 11.3. The van der Waals surface area contributed by atoms with Crippen LogP contribution in [0.3, 0.4) is 0 Å². The van der Waals surface area contributed by atoms with E-state index < -0.39 is 0 Å². The molecule has 0 spiro atoms. The molecule has 0 aliphatic rings. The molecule has 1 aromatic rings. The van der Waals surface area contributed by atoms with Crippen LogP contribution in [0, 0.1) is 5.92 Å². The van der Waals surface area contributed by atoms with E-state index in [9.17, 15) is 0 Å². The minimum absolute atomic E-state index is 0.522. The third-order valence-corrected chi connectivity index (χ3v) is 2.58. The van der Waals surface area contributed by atoms with Gasteiger partial charge in [0.15, 0.2) is 0 Å². The monoisotopic (exact) mass is 225 g/mol. The summed E-state index contributed by atoms with van der Waals surface area (Å²) in [5, 5.41) is 4.32. The molecular formula is C13H20ClN. The molecule has 0 aliphatic carbocycles. The van der Waals surface area contributed by atoms with E-state index in [1.54, 1.807) is 0 Å². The zero-order valence-electron chi connectivity index (χ0n) is 9.76. The number of benzene rings is 1. The molecule has 1 nitrogen and oxygen atoms in total. The van der Waals surface area contributed by atoms with Gasteiger partial charge in [0.05, 0.1) is 0 Å². The summed E-state index contributed by atoms with van der Waals surface area (Å²) < 4.78 is 0. The summed E-state index contributed by atoms with van der Waals surface area (Å²) in [5.41, 5.74) is 1.34. The molecule has 0 heterocycles. The lowest BCUT2D eigenvalue weighted by atomic mass is 10.1. The second-order valence-corrected chi connectivity index (χ2v) is 4.97. The van der Waals surface area contributed by atoms with Gasteiger partial charge >= 0.3 is 0 Å². The summed E-state index contributed by atoms with van der Waals surface area (Å²) in [6, 6.07) is 8.61. The SMILES string of the molecule is CC(C)CNC(C)Cc1ccc(Cl)cc1. The highest BCUT2D eigenvalue weighted by Gasteiger charge is 2.03. The van der Waals surface area contributed by atoms with Gasteiger partial charge in [-0.25, -0.2) is 0 Å². The molecule has 0 radical (unpaired) electrons. The van der Waals surface area contributed by atoms with E-state index >= 15 is 0 Å². The quantitative estimate of drug-likeness (QED) is 0.809. The first-order chi connectivity index (χ1) is 7.08. The van der Waals surface area contributed by atoms with E-state index in [-0.39, 0.29) is 0 Å². The van der Waals surface area contributed by atoms with Crippen LogP contribution in [0.25, 0.3) is 0 Å². The molecule has 0 fully saturated rings. The van der Waals surface area contributed by atoms with Gasteiger partial charge in [0, 0.05) is 11.1 Å². The Morgan fingerprint density at radius 3 is 2.27 bits per heavy atom. The molecule has 1 unspecified atom stereocenters. The van der Waals surface area contributed by atoms with Gasteiger partial charge in [-0.15, -0.1) is 0 Å². The van der Waals surface area contributed by atoms with Crippen LogP contribution in [0.15, 0.2) is 24.3 Å². The molecule has 84 valence electrons. The summed E-state index contributed by atoms with van der Waals surface area (Å²) in [7, 11) is 0. The van der Waals surface area contributed by atoms with Gasteiger partial charge in [-0.2, -0.15) is 0 Å². The van der Waals surface area contributed by atoms with Gasteiger partial charge in [0.1, 0.15) is 0 Å². The van der Waals surface area contributed by atoms with Crippen LogP contribution in [0.1, 0.15) is 26.3 Å². The van der Waals surface area contributed by atoms with Crippen LogP contribution in [-0.2, 0) is 6.42 Å². The molecule has 0 aliphatic heterocycles. The highest BCUT2D eigenvalue weighted by molar-refractivity contribution is 6.30. The average Bonchev–Trinajstić information content (AvgIpc) is 2.19. The van der Waals surface area contributed by atoms with Gasteiger partial charge in [-0.3, -0.25) is 0 Å². The van der Waals surface area contributed by atoms with E-state index in [2.05, 4.69) is 38.2 Å². The molecule has 2 heteroatoms. The van der Waals surface area contributed by atoms with Crippen molar-refractivity contribution in [1.29, 1.82) is 0 Å². The summed E-state index contributed by atoms with van der Waals surface area (Å²) in [5.74, 6) is 0.706. The lowest BCUT2D eigenvalue weighted by Crippen LogP contribution is -2.31. The van der Waals surface area contributed by atoms with Crippen LogP contribution in [-0.4, -0.2) is 12.6 Å². The van der Waals surface area contributed by atoms with E-state index in [1.165, 1.54) is 5.56 Å². The predicted molar refractivity (Wildman–Crippen MR) is 67.5 cm³/mol. The fourth-order valence-corrected chi connectivity index (χ4v) is 1.61. The highest BCUT2D eigenvalue weighted by atomic mass is 35.5. The molecule has 1 aromatic carbocycles. The molecule has 0 saturated heterocycles. The average molecular weight is 226 g/mol. The van der Waals surface area contributed by atoms with Crippen molar-refractivity contribution in [3.8, 4) is 0 Å². The highest BCUT2D eigenvalue weighted by Crippen LogP contribution is 2.11. The standard InChI is InChI=1S/C13H20ClN/c1-10(2)9-15-11(3)8-12-4-6-13(14)7-5-12/h4-7,10-11,15H,8-9H2,1-3H3. The van der Waals surface area contributed by atoms with Crippen LogP contribution in [0.4, 0.5) is 0 Å². The van der Waals surface area contributed by atoms with Crippen molar-refractivity contribution in [3.05, 3.63) is 34.9 Å². The van der Waals surface area contributed by atoms with Gasteiger partial charge < -0.3 is 5.32 Å². The smallest absolute Gasteiger partial charge is 0.0406 e. The van der Waals surface area contributed by atoms with E-state index in [0.717, 1.165) is 18.0 Å². The Balaban J connectivity index is 2.37. The van der Waals surface area contributed by atoms with Crippen LogP contribution in [0.5, 0.6) is 0 Å². The molecule has 15 heavy (non-hydrogen) atoms. The Morgan fingerprint density at radius 2 is 1.73 bits per heavy atom. The Labute approximate surface area is 97.8 Å². The van der Waals surface area contributed by atoms with Gasteiger partial charge in [-0.05, 0) is 43.5 Å². The van der Waals surface area contributed by atoms with Crippen molar-refractivity contribution < 1.29 is 0 Å². The van der Waals surface area contributed by atoms with Gasteiger partial charge in [-0.1, -0.05) is 37.6 Å². The summed E-state index contributed by atoms with van der Waals surface area (Å²) in [4.78, 5) is 0. The van der Waals surface area contributed by atoms with Crippen LogP contribution >= 0.6 is 11.6 Å². The summed E-state index contributed by atoms with van der Waals surface area (Å²) in [6.45, 7) is 7.75. The topological polar surface area (TPSA) is 12.0 Å². The Kier molecular flexibility index (Phi) is 5.13. The fourth-order valence-electron chi connectivity index (χ4n) is 1.48. The van der Waals surface area contributed by atoms with Crippen molar-refractivity contribution in [3.63, 3.8) is 0 Å². The molecule has 0 saturated carbocycles. The number of rotatable bonds is 5. The second-order valence-electron chi connectivity index (χ2n) is 4.53. The van der Waals surface area contributed by atoms with Crippen molar-refractivity contribution in [2.75, 3.05) is 6.54 Å². The minimum atomic E-state index is 0.522. The second kappa shape index (κ2) is 6.14. The first-order valence-corrected chi connectivity index (χ1v) is 5.93. The van der Waals surface area contributed by atoms with Crippen LogP contribution in [0.2, 0.25) is 5.02 Å². The maximum atomic E-state index is 5.84. The number of hydrogen-bond acceptors (Lipinski definition) is 1. The molecule has 1 atom stereocenters. The maximum absolute atomic E-state index is 5.84. The molecule has 1 N–H and O–H groups in total. The third kappa shape index (κ3) is 5.19. The van der Waals surface area contributed by atoms with Gasteiger partial charge in [0.2, 0.25) is 0 Å². The van der Waals surface area contributed by atoms with Crippen molar-refractivity contribution in [2.45, 2.75) is 33.2 Å². The Bertz CT molecular complexity index is 279. The fraction of sp³-hybridized carbons (Fsp3) is 0.538. The lowest BCUT2D eigenvalue weighted by Gasteiger charge is -2.15. The normalized spacial score (nSPS) is 13.1. The lowest BCUT2D eigenvalue weighted by molar-refractivity contribution is 0.482. The maximum Gasteiger partial charge on any atom is 0.0406 e. The molecule has 0 aromatic heterocycles. The predicted octanol–water partition coefficient (Wildman–Crippen LogP) is 3.52. The van der Waals surface area contributed by atoms with Crippen molar-refractivity contribution >= 4 is 11.6 Å². The largest absolute Gasteiger partial charge is 0.314 e. The molecule has 0 bridgehead atoms. The van der Waals surface area contributed by atoms with E-state index in [1.807, 2.05) is 12.1 Å². The van der Waals surface area contributed by atoms with Crippen molar-refractivity contribution in [1.82, 2.24) is 5.32 Å². The first-order valence-electron chi connectivity index (χ1n) is 5.55. The zero-order valence-corrected chi connectivity index (χ0v) is 10.5. The molecule has 0 amide bonds. The summed E-state index contributed by atoms with van der Waals surface area (Å²) >= 11 is 5.84. The first kappa shape index (κ1) is 12.5. The Hall–Kier alpha value is -0.530. The van der Waals surface area contributed by atoms with Crippen molar-refractivity contribution in [2.24, 2.45) is 5.92 Å². The van der Waals surface area contributed by atoms with Gasteiger partial charge in [0.25, 0.3) is 0 Å². The number of nitrogens with one attached hydrogen (secondary N) is 1. The number of halogens is 1. The molecule has 1 rings (SSSR count). The molecular weight excluding hydrogens is 206 g/mol. The third-order valence-electron chi connectivity index (χ3n) is 2.33. The summed E-state index contributed by atoms with van der Waals surface area (Å²) in [6.07, 6.45) is 1.06.